The molecular formula is C16H23BrClN5. The smallest absolute Gasteiger partial charge is 0.0971 e. The first-order chi connectivity index (χ1) is 10.7. The maximum atomic E-state index is 4.30. The first kappa shape index (κ1) is 18.4. The van der Waals surface area contributed by atoms with Gasteiger partial charge in [-0.05, 0) is 57.1 Å². The van der Waals surface area contributed by atoms with E-state index in [2.05, 4.69) is 43.5 Å². The van der Waals surface area contributed by atoms with Crippen molar-refractivity contribution in [3.05, 3.63) is 40.6 Å². The van der Waals surface area contributed by atoms with E-state index in [0.717, 1.165) is 41.4 Å². The number of rotatable bonds is 5. The van der Waals surface area contributed by atoms with Crippen molar-refractivity contribution in [2.24, 2.45) is 5.92 Å². The van der Waals surface area contributed by atoms with Gasteiger partial charge in [-0.3, -0.25) is 0 Å². The van der Waals surface area contributed by atoms with E-state index in [9.17, 15) is 0 Å². The summed E-state index contributed by atoms with van der Waals surface area (Å²) in [7, 11) is 2.16. The predicted octanol–water partition coefficient (Wildman–Crippen LogP) is 2.88. The van der Waals surface area contributed by atoms with Crippen LogP contribution in [0.2, 0.25) is 0 Å². The van der Waals surface area contributed by atoms with Crippen LogP contribution >= 0.6 is 28.3 Å². The monoisotopic (exact) mass is 399 g/mol. The van der Waals surface area contributed by atoms with Crippen LogP contribution in [0, 0.1) is 5.92 Å². The molecule has 0 amide bonds. The zero-order valence-corrected chi connectivity index (χ0v) is 15.7. The molecule has 0 saturated carbocycles. The Morgan fingerprint density at radius 1 is 1.43 bits per heavy atom. The first-order valence-electron chi connectivity index (χ1n) is 7.77. The zero-order chi connectivity index (χ0) is 15.4. The van der Waals surface area contributed by atoms with Gasteiger partial charge >= 0.3 is 0 Å². The normalized spacial score (nSPS) is 18.0. The van der Waals surface area contributed by atoms with Gasteiger partial charge in [0.25, 0.3) is 0 Å². The Kier molecular flexibility index (Phi) is 7.02. The highest BCUT2D eigenvalue weighted by Crippen LogP contribution is 2.16. The third-order valence-corrected chi connectivity index (χ3v) is 4.51. The van der Waals surface area contributed by atoms with Crippen LogP contribution in [0.4, 0.5) is 0 Å². The molecule has 1 atom stereocenters. The maximum absolute atomic E-state index is 4.30. The number of halogens is 2. The van der Waals surface area contributed by atoms with E-state index in [4.69, 9.17) is 0 Å². The van der Waals surface area contributed by atoms with E-state index in [1.54, 1.807) is 0 Å². The maximum Gasteiger partial charge on any atom is 0.0971 e. The van der Waals surface area contributed by atoms with Crippen molar-refractivity contribution in [3.63, 3.8) is 0 Å². The van der Waals surface area contributed by atoms with E-state index >= 15 is 0 Å². The molecule has 1 saturated heterocycles. The van der Waals surface area contributed by atoms with Crippen molar-refractivity contribution in [1.29, 1.82) is 0 Å². The molecule has 1 unspecified atom stereocenters. The van der Waals surface area contributed by atoms with Gasteiger partial charge in [0, 0.05) is 17.6 Å². The van der Waals surface area contributed by atoms with Gasteiger partial charge in [-0.15, -0.1) is 17.5 Å². The van der Waals surface area contributed by atoms with Gasteiger partial charge in [0.15, 0.2) is 0 Å². The Labute approximate surface area is 152 Å². The summed E-state index contributed by atoms with van der Waals surface area (Å²) in [6.07, 6.45) is 4.62. The SMILES string of the molecule is CN(Cc1cn(-c2cccc(Br)c2)nn1)CC1CCCNC1.Cl. The van der Waals surface area contributed by atoms with Gasteiger partial charge in [-0.2, -0.15) is 0 Å². The zero-order valence-electron chi connectivity index (χ0n) is 13.3. The van der Waals surface area contributed by atoms with Crippen molar-refractivity contribution < 1.29 is 0 Å². The molecule has 126 valence electrons. The molecule has 0 aliphatic carbocycles. The van der Waals surface area contributed by atoms with Crippen molar-refractivity contribution in [1.82, 2.24) is 25.2 Å². The number of aromatic nitrogens is 3. The molecule has 2 heterocycles. The van der Waals surface area contributed by atoms with E-state index in [-0.39, 0.29) is 12.4 Å². The van der Waals surface area contributed by atoms with Crippen LogP contribution in [0.25, 0.3) is 5.69 Å². The van der Waals surface area contributed by atoms with E-state index in [1.807, 2.05) is 35.1 Å². The minimum atomic E-state index is 0. The third-order valence-electron chi connectivity index (χ3n) is 4.01. The van der Waals surface area contributed by atoms with Gasteiger partial charge in [0.05, 0.1) is 17.6 Å². The molecule has 3 rings (SSSR count). The van der Waals surface area contributed by atoms with Crippen LogP contribution < -0.4 is 5.32 Å². The van der Waals surface area contributed by atoms with Crippen molar-refractivity contribution in [3.8, 4) is 5.69 Å². The highest BCUT2D eigenvalue weighted by Gasteiger charge is 2.15. The highest BCUT2D eigenvalue weighted by molar-refractivity contribution is 9.10. The number of hydrogen-bond acceptors (Lipinski definition) is 4. The number of nitrogens with one attached hydrogen (secondary N) is 1. The van der Waals surface area contributed by atoms with Crippen LogP contribution in [-0.2, 0) is 6.54 Å². The third kappa shape index (κ3) is 5.28. The molecule has 1 N–H and O–H groups in total. The summed E-state index contributed by atoms with van der Waals surface area (Å²) in [6, 6.07) is 8.08. The fourth-order valence-corrected chi connectivity index (χ4v) is 3.36. The molecule has 1 fully saturated rings. The summed E-state index contributed by atoms with van der Waals surface area (Å²) < 4.78 is 2.87. The molecular weight excluding hydrogens is 378 g/mol. The van der Waals surface area contributed by atoms with Gasteiger partial charge < -0.3 is 10.2 Å². The number of hydrogen-bond donors (Lipinski definition) is 1. The molecule has 0 bridgehead atoms. The Hall–Kier alpha value is -0.950. The Balaban J connectivity index is 0.00000192. The summed E-state index contributed by atoms with van der Waals surface area (Å²) in [6.45, 7) is 4.25. The van der Waals surface area contributed by atoms with E-state index in [0.29, 0.717) is 0 Å². The molecule has 1 aliphatic heterocycles. The summed E-state index contributed by atoms with van der Waals surface area (Å²) >= 11 is 3.49. The molecule has 0 radical (unpaired) electrons. The molecule has 1 aromatic carbocycles. The lowest BCUT2D eigenvalue weighted by atomic mass is 9.99. The molecule has 1 aromatic heterocycles. The van der Waals surface area contributed by atoms with Crippen LogP contribution in [0.15, 0.2) is 34.9 Å². The van der Waals surface area contributed by atoms with Crippen molar-refractivity contribution in [2.45, 2.75) is 19.4 Å². The summed E-state index contributed by atoms with van der Waals surface area (Å²) in [5, 5.41) is 12.0. The van der Waals surface area contributed by atoms with Crippen LogP contribution in [0.3, 0.4) is 0 Å². The fraction of sp³-hybridized carbons (Fsp3) is 0.500. The Bertz CT molecular complexity index is 612. The average molecular weight is 401 g/mol. The minimum absolute atomic E-state index is 0. The standard InChI is InChI=1S/C16H22BrN5.ClH/c1-21(10-13-4-3-7-18-9-13)11-15-12-22(20-19-15)16-6-2-5-14(17)8-16;/h2,5-6,8,12-13,18H,3-4,7,9-11H2,1H3;1H. The largest absolute Gasteiger partial charge is 0.316 e. The van der Waals surface area contributed by atoms with Crippen LogP contribution in [0.1, 0.15) is 18.5 Å². The Morgan fingerprint density at radius 3 is 3.04 bits per heavy atom. The Morgan fingerprint density at radius 2 is 2.30 bits per heavy atom. The lowest BCUT2D eigenvalue weighted by Crippen LogP contribution is -2.36. The van der Waals surface area contributed by atoms with Crippen molar-refractivity contribution >= 4 is 28.3 Å². The van der Waals surface area contributed by atoms with Gasteiger partial charge in [-0.1, -0.05) is 27.2 Å². The second kappa shape index (κ2) is 8.78. The second-order valence-electron chi connectivity index (χ2n) is 6.04. The van der Waals surface area contributed by atoms with E-state index < -0.39 is 0 Å². The van der Waals surface area contributed by atoms with Gasteiger partial charge in [0.1, 0.15) is 0 Å². The predicted molar refractivity (Wildman–Crippen MR) is 98.2 cm³/mol. The summed E-state index contributed by atoms with van der Waals surface area (Å²) in [5.41, 5.74) is 2.03. The van der Waals surface area contributed by atoms with Crippen molar-refractivity contribution in [2.75, 3.05) is 26.7 Å². The summed E-state index contributed by atoms with van der Waals surface area (Å²) in [4.78, 5) is 2.34. The van der Waals surface area contributed by atoms with Crippen LogP contribution in [0.5, 0.6) is 0 Å². The topological polar surface area (TPSA) is 46.0 Å². The molecule has 23 heavy (non-hydrogen) atoms. The highest BCUT2D eigenvalue weighted by atomic mass is 79.9. The summed E-state index contributed by atoms with van der Waals surface area (Å²) in [5.74, 6) is 0.749. The number of nitrogens with zero attached hydrogens (tertiary/aromatic N) is 4. The number of piperidine rings is 1. The fourth-order valence-electron chi connectivity index (χ4n) is 2.98. The molecule has 5 nitrogen and oxygen atoms in total. The van der Waals surface area contributed by atoms with Gasteiger partial charge in [-0.25, -0.2) is 4.68 Å². The molecule has 7 heteroatoms. The molecule has 0 spiro atoms. The second-order valence-corrected chi connectivity index (χ2v) is 6.96. The molecule has 1 aliphatic rings. The van der Waals surface area contributed by atoms with E-state index in [1.165, 1.54) is 19.4 Å². The minimum Gasteiger partial charge on any atom is -0.316 e. The van der Waals surface area contributed by atoms with Gasteiger partial charge in [0.2, 0.25) is 0 Å². The first-order valence-corrected chi connectivity index (χ1v) is 8.56. The quantitative estimate of drug-likeness (QED) is 0.838. The number of benzene rings is 1. The van der Waals surface area contributed by atoms with Crippen LogP contribution in [-0.4, -0.2) is 46.6 Å². The average Bonchev–Trinajstić information content (AvgIpc) is 2.96. The lowest BCUT2D eigenvalue weighted by molar-refractivity contribution is 0.235. The lowest BCUT2D eigenvalue weighted by Gasteiger charge is -2.27. The molecule has 2 aromatic rings.